The largest absolute Gasteiger partial charge is 0.480 e. The molecule has 4 nitrogen and oxygen atoms in total. The topological polar surface area (TPSA) is 66.4 Å². The van der Waals surface area contributed by atoms with Crippen LogP contribution in [-0.4, -0.2) is 23.0 Å². The maximum Gasteiger partial charge on any atom is 0.326 e. The standard InChI is InChI=1S/C20H15F2NO3/c21-14-8-9-16(17(22)11-14)19(24)23-18(20(25)26)10-13-6-3-5-12-4-1-2-7-15(12)13/h1-9,11,18H,10H2,(H,23,24)(H,25,26)/t18-/m0/s1. The van der Waals surface area contributed by atoms with E-state index < -0.39 is 35.1 Å². The summed E-state index contributed by atoms with van der Waals surface area (Å²) in [7, 11) is 0. The summed E-state index contributed by atoms with van der Waals surface area (Å²) in [6.45, 7) is 0. The number of rotatable bonds is 5. The van der Waals surface area contributed by atoms with E-state index in [-0.39, 0.29) is 6.42 Å². The third kappa shape index (κ3) is 3.69. The van der Waals surface area contributed by atoms with Gasteiger partial charge in [-0.2, -0.15) is 0 Å². The molecule has 3 aromatic rings. The zero-order valence-corrected chi connectivity index (χ0v) is 13.6. The van der Waals surface area contributed by atoms with E-state index in [0.717, 1.165) is 28.5 Å². The first-order chi connectivity index (χ1) is 12.5. The first kappa shape index (κ1) is 17.5. The van der Waals surface area contributed by atoms with Gasteiger partial charge in [0.1, 0.15) is 17.7 Å². The number of amides is 1. The first-order valence-electron chi connectivity index (χ1n) is 7.91. The van der Waals surface area contributed by atoms with E-state index in [1.54, 1.807) is 12.1 Å². The SMILES string of the molecule is O=C(N[C@@H](Cc1cccc2ccccc12)C(=O)O)c1ccc(F)cc1F. The molecule has 2 N–H and O–H groups in total. The van der Waals surface area contributed by atoms with Gasteiger partial charge >= 0.3 is 5.97 Å². The van der Waals surface area contributed by atoms with Crippen molar-refractivity contribution in [1.82, 2.24) is 5.32 Å². The Balaban J connectivity index is 1.85. The van der Waals surface area contributed by atoms with E-state index >= 15 is 0 Å². The molecule has 0 aliphatic carbocycles. The fraction of sp³-hybridized carbons (Fsp3) is 0.100. The maximum atomic E-state index is 13.7. The van der Waals surface area contributed by atoms with Gasteiger partial charge in [0.15, 0.2) is 0 Å². The van der Waals surface area contributed by atoms with Gasteiger partial charge in [0, 0.05) is 12.5 Å². The van der Waals surface area contributed by atoms with Crippen LogP contribution in [0.4, 0.5) is 8.78 Å². The summed E-state index contributed by atoms with van der Waals surface area (Å²) in [4.78, 5) is 23.8. The van der Waals surface area contributed by atoms with Crippen LogP contribution >= 0.6 is 0 Å². The number of carboxylic acid groups (broad SMARTS) is 1. The fourth-order valence-corrected chi connectivity index (χ4v) is 2.80. The van der Waals surface area contributed by atoms with Crippen LogP contribution in [0, 0.1) is 11.6 Å². The summed E-state index contributed by atoms with van der Waals surface area (Å²) in [6.07, 6.45) is 0.0330. The Hall–Kier alpha value is -3.28. The minimum atomic E-state index is -1.25. The highest BCUT2D eigenvalue weighted by Crippen LogP contribution is 2.20. The molecular formula is C20H15F2NO3. The molecule has 0 bridgehead atoms. The van der Waals surface area contributed by atoms with E-state index in [1.807, 2.05) is 30.3 Å². The van der Waals surface area contributed by atoms with Gasteiger partial charge in [-0.05, 0) is 28.5 Å². The molecule has 0 spiro atoms. The van der Waals surface area contributed by atoms with Crippen molar-refractivity contribution in [2.45, 2.75) is 12.5 Å². The van der Waals surface area contributed by atoms with Crippen LogP contribution in [0.5, 0.6) is 0 Å². The second kappa shape index (κ2) is 7.31. The van der Waals surface area contributed by atoms with Crippen molar-refractivity contribution in [2.24, 2.45) is 0 Å². The summed E-state index contributed by atoms with van der Waals surface area (Å²) in [5.74, 6) is -4.01. The predicted molar refractivity (Wildman–Crippen MR) is 92.9 cm³/mol. The van der Waals surface area contributed by atoms with Crippen LogP contribution in [0.3, 0.4) is 0 Å². The smallest absolute Gasteiger partial charge is 0.326 e. The summed E-state index contributed by atoms with van der Waals surface area (Å²) in [5.41, 5.74) is 0.339. The highest BCUT2D eigenvalue weighted by atomic mass is 19.1. The van der Waals surface area contributed by atoms with Gasteiger partial charge in [0.05, 0.1) is 5.56 Å². The maximum absolute atomic E-state index is 13.7. The number of hydrogen-bond acceptors (Lipinski definition) is 2. The first-order valence-corrected chi connectivity index (χ1v) is 7.91. The average Bonchev–Trinajstić information content (AvgIpc) is 2.61. The number of benzene rings is 3. The van der Waals surface area contributed by atoms with Gasteiger partial charge in [-0.1, -0.05) is 42.5 Å². The molecule has 132 valence electrons. The molecule has 0 aliphatic heterocycles. The Kier molecular flexibility index (Phi) is 4.93. The van der Waals surface area contributed by atoms with Crippen LogP contribution in [0.25, 0.3) is 10.8 Å². The van der Waals surface area contributed by atoms with E-state index in [2.05, 4.69) is 5.32 Å². The fourth-order valence-electron chi connectivity index (χ4n) is 2.80. The number of aliphatic carboxylic acids is 1. The lowest BCUT2D eigenvalue weighted by atomic mass is 9.98. The van der Waals surface area contributed by atoms with Crippen LogP contribution in [0.1, 0.15) is 15.9 Å². The summed E-state index contributed by atoms with van der Waals surface area (Å²) in [6, 6.07) is 14.2. The lowest BCUT2D eigenvalue weighted by Gasteiger charge is -2.16. The number of carbonyl (C=O) groups excluding carboxylic acids is 1. The molecule has 3 aromatic carbocycles. The van der Waals surface area contributed by atoms with Crippen molar-refractivity contribution < 1.29 is 23.5 Å². The molecule has 0 fully saturated rings. The van der Waals surface area contributed by atoms with Crippen molar-refractivity contribution in [1.29, 1.82) is 0 Å². The molecule has 0 aromatic heterocycles. The van der Waals surface area contributed by atoms with Crippen LogP contribution in [0.2, 0.25) is 0 Å². The lowest BCUT2D eigenvalue weighted by Crippen LogP contribution is -2.42. The van der Waals surface area contributed by atoms with Crippen molar-refractivity contribution in [2.75, 3.05) is 0 Å². The molecule has 0 saturated carbocycles. The molecule has 0 heterocycles. The third-order valence-corrected chi connectivity index (χ3v) is 4.08. The van der Waals surface area contributed by atoms with Crippen molar-refractivity contribution in [3.05, 3.63) is 83.4 Å². The monoisotopic (exact) mass is 355 g/mol. The van der Waals surface area contributed by atoms with Crippen LogP contribution in [-0.2, 0) is 11.2 Å². The molecule has 6 heteroatoms. The predicted octanol–water partition coefficient (Wildman–Crippen LogP) is 3.54. The normalized spacial score (nSPS) is 11.9. The Morgan fingerprint density at radius 2 is 1.73 bits per heavy atom. The van der Waals surface area contributed by atoms with Gasteiger partial charge in [0.25, 0.3) is 5.91 Å². The van der Waals surface area contributed by atoms with E-state index in [0.29, 0.717) is 6.07 Å². The Labute approximate surface area is 148 Å². The lowest BCUT2D eigenvalue weighted by molar-refractivity contribution is -0.139. The molecule has 3 rings (SSSR count). The highest BCUT2D eigenvalue weighted by molar-refractivity contribution is 5.97. The second-order valence-electron chi connectivity index (χ2n) is 5.83. The van der Waals surface area contributed by atoms with Crippen molar-refractivity contribution in [3.8, 4) is 0 Å². The minimum absolute atomic E-state index is 0.0330. The average molecular weight is 355 g/mol. The molecule has 0 aliphatic rings. The Morgan fingerprint density at radius 1 is 1.00 bits per heavy atom. The summed E-state index contributed by atoms with van der Waals surface area (Å²) < 4.78 is 26.7. The van der Waals surface area contributed by atoms with Gasteiger partial charge in [0.2, 0.25) is 0 Å². The number of carboxylic acids is 1. The molecule has 1 amide bonds. The molecule has 0 radical (unpaired) electrons. The second-order valence-corrected chi connectivity index (χ2v) is 5.83. The number of carbonyl (C=O) groups is 2. The molecule has 0 saturated heterocycles. The molecule has 26 heavy (non-hydrogen) atoms. The summed E-state index contributed by atoms with van der Waals surface area (Å²) >= 11 is 0. The van der Waals surface area contributed by atoms with Crippen LogP contribution < -0.4 is 5.32 Å². The van der Waals surface area contributed by atoms with E-state index in [9.17, 15) is 23.5 Å². The van der Waals surface area contributed by atoms with Gasteiger partial charge < -0.3 is 10.4 Å². The van der Waals surface area contributed by atoms with Gasteiger partial charge in [-0.3, -0.25) is 4.79 Å². The van der Waals surface area contributed by atoms with Gasteiger partial charge in [-0.15, -0.1) is 0 Å². The highest BCUT2D eigenvalue weighted by Gasteiger charge is 2.23. The Bertz CT molecular complexity index is 982. The third-order valence-electron chi connectivity index (χ3n) is 4.08. The number of halogens is 2. The Morgan fingerprint density at radius 3 is 2.46 bits per heavy atom. The zero-order chi connectivity index (χ0) is 18.7. The van der Waals surface area contributed by atoms with E-state index in [4.69, 9.17) is 0 Å². The molecule has 0 unspecified atom stereocenters. The summed E-state index contributed by atoms with van der Waals surface area (Å²) in [5, 5.41) is 13.6. The number of hydrogen-bond donors (Lipinski definition) is 2. The molecular weight excluding hydrogens is 340 g/mol. The number of fused-ring (bicyclic) bond motifs is 1. The van der Waals surface area contributed by atoms with Crippen LogP contribution in [0.15, 0.2) is 60.7 Å². The quantitative estimate of drug-likeness (QED) is 0.736. The zero-order valence-electron chi connectivity index (χ0n) is 13.6. The minimum Gasteiger partial charge on any atom is -0.480 e. The van der Waals surface area contributed by atoms with E-state index in [1.165, 1.54) is 0 Å². The van der Waals surface area contributed by atoms with Gasteiger partial charge in [-0.25, -0.2) is 13.6 Å². The number of nitrogens with one attached hydrogen (secondary N) is 1. The van der Waals surface area contributed by atoms with Crippen molar-refractivity contribution >= 4 is 22.6 Å². The molecule has 1 atom stereocenters. The van der Waals surface area contributed by atoms with Crippen molar-refractivity contribution in [3.63, 3.8) is 0 Å².